The summed E-state index contributed by atoms with van der Waals surface area (Å²) in [5.41, 5.74) is 11.9. The number of nitrogens with zero attached hydrogens (tertiary/aromatic N) is 2. The van der Waals surface area contributed by atoms with Crippen LogP contribution in [0, 0.1) is 0 Å². The average molecular weight is 721 g/mol. The average Bonchev–Trinajstić information content (AvgIpc) is 3.81. The van der Waals surface area contributed by atoms with Gasteiger partial charge in [-0.25, -0.2) is 0 Å². The predicted molar refractivity (Wildman–Crippen MR) is 238 cm³/mol. The van der Waals surface area contributed by atoms with Gasteiger partial charge in [-0.1, -0.05) is 115 Å². The molecule has 8 aromatic carbocycles. The largest absolute Gasteiger partial charge is 0.310 e. The van der Waals surface area contributed by atoms with E-state index in [4.69, 9.17) is 0 Å². The van der Waals surface area contributed by atoms with Crippen LogP contribution in [-0.4, -0.2) is 4.57 Å². The molecule has 0 bridgehead atoms. The Bertz CT molecular complexity index is 3130. The molecule has 0 unspecified atom stereocenters. The van der Waals surface area contributed by atoms with Gasteiger partial charge in [0.2, 0.25) is 0 Å². The maximum absolute atomic E-state index is 2.40. The first-order valence-electron chi connectivity index (χ1n) is 19.1. The Labute approximate surface area is 324 Å². The number of anilines is 3. The molecule has 0 amide bonds. The van der Waals surface area contributed by atoms with Crippen molar-refractivity contribution in [3.63, 3.8) is 0 Å². The molecule has 1 aliphatic carbocycles. The fourth-order valence-electron chi connectivity index (χ4n) is 8.56. The second-order valence-electron chi connectivity index (χ2n) is 14.4. The normalized spacial score (nSPS) is 13.0. The molecule has 3 heteroatoms. The van der Waals surface area contributed by atoms with E-state index in [1.54, 1.807) is 0 Å². The quantitative estimate of drug-likeness (QED) is 0.166. The van der Waals surface area contributed by atoms with Crippen molar-refractivity contribution in [2.75, 3.05) is 4.90 Å². The molecule has 10 aromatic rings. The molecule has 0 aliphatic heterocycles. The van der Waals surface area contributed by atoms with Gasteiger partial charge in [-0.15, -0.1) is 11.3 Å². The molecule has 0 saturated heterocycles. The maximum Gasteiger partial charge on any atom is 0.0542 e. The highest BCUT2D eigenvalue weighted by atomic mass is 32.1. The van der Waals surface area contributed by atoms with Crippen LogP contribution >= 0.6 is 11.3 Å². The third-order valence-corrected chi connectivity index (χ3v) is 12.3. The van der Waals surface area contributed by atoms with E-state index in [2.05, 4.69) is 204 Å². The van der Waals surface area contributed by atoms with Gasteiger partial charge in [0.15, 0.2) is 0 Å². The first kappa shape index (κ1) is 31.8. The number of allylic oxidation sites excluding steroid dienone is 4. The lowest BCUT2D eigenvalue weighted by molar-refractivity contribution is 1.04. The molecule has 55 heavy (non-hydrogen) atoms. The number of rotatable bonds is 6. The summed E-state index contributed by atoms with van der Waals surface area (Å²) in [7, 11) is 0. The van der Waals surface area contributed by atoms with Gasteiger partial charge >= 0.3 is 0 Å². The van der Waals surface area contributed by atoms with E-state index in [0.29, 0.717) is 0 Å². The van der Waals surface area contributed by atoms with Gasteiger partial charge < -0.3 is 9.47 Å². The molecule has 0 spiro atoms. The Morgan fingerprint density at radius 3 is 1.93 bits per heavy atom. The third kappa shape index (κ3) is 5.39. The predicted octanol–water partition coefficient (Wildman–Crippen LogP) is 15.2. The molecule has 0 N–H and O–H groups in total. The molecule has 2 heterocycles. The summed E-state index contributed by atoms with van der Waals surface area (Å²) in [5, 5.41) is 7.75. The summed E-state index contributed by atoms with van der Waals surface area (Å²) in [6, 6.07) is 64.8. The SMILES string of the molecule is C1=CC(c2ccc(N(c3ccc(-c4ccc5ccc6sc7ccccc7c6c5c4)cc3)c3ccc4c(c3)c3ccccc3n4-c3ccccc3)cc2)=CCC1. The van der Waals surface area contributed by atoms with Gasteiger partial charge in [-0.05, 0) is 125 Å². The minimum atomic E-state index is 1.09. The van der Waals surface area contributed by atoms with Gasteiger partial charge in [-0.2, -0.15) is 0 Å². The number of hydrogen-bond acceptors (Lipinski definition) is 2. The van der Waals surface area contributed by atoms with Crippen molar-refractivity contribution >= 4 is 86.7 Å². The fourth-order valence-corrected chi connectivity index (χ4v) is 9.68. The van der Waals surface area contributed by atoms with E-state index in [1.807, 2.05) is 11.3 Å². The van der Waals surface area contributed by atoms with Crippen LogP contribution in [-0.2, 0) is 0 Å². The Kier molecular flexibility index (Phi) is 7.53. The zero-order valence-corrected chi connectivity index (χ0v) is 31.0. The Hall–Kier alpha value is -6.68. The molecule has 0 atom stereocenters. The molecular weight excluding hydrogens is 685 g/mol. The molecule has 260 valence electrons. The summed E-state index contributed by atoms with van der Waals surface area (Å²) in [6.07, 6.45) is 9.08. The van der Waals surface area contributed by atoms with Crippen molar-refractivity contribution in [3.05, 3.63) is 200 Å². The number of fused-ring (bicyclic) bond motifs is 8. The van der Waals surface area contributed by atoms with Gasteiger partial charge in [0.05, 0.1) is 11.0 Å². The van der Waals surface area contributed by atoms with Crippen LogP contribution < -0.4 is 4.90 Å². The van der Waals surface area contributed by atoms with Crippen LogP contribution in [0.5, 0.6) is 0 Å². The van der Waals surface area contributed by atoms with Crippen LogP contribution in [0.3, 0.4) is 0 Å². The minimum Gasteiger partial charge on any atom is -0.310 e. The number of benzene rings is 8. The van der Waals surface area contributed by atoms with Crippen LogP contribution in [0.25, 0.3) is 75.1 Å². The molecule has 11 rings (SSSR count). The van der Waals surface area contributed by atoms with Crippen molar-refractivity contribution in [1.29, 1.82) is 0 Å². The highest BCUT2D eigenvalue weighted by Crippen LogP contribution is 2.42. The van der Waals surface area contributed by atoms with Crippen LogP contribution in [0.4, 0.5) is 17.1 Å². The van der Waals surface area contributed by atoms with Gasteiger partial charge in [0.25, 0.3) is 0 Å². The topological polar surface area (TPSA) is 8.17 Å². The summed E-state index contributed by atoms with van der Waals surface area (Å²) in [4.78, 5) is 2.40. The van der Waals surface area contributed by atoms with E-state index in [9.17, 15) is 0 Å². The molecule has 0 fully saturated rings. The van der Waals surface area contributed by atoms with Crippen molar-refractivity contribution < 1.29 is 0 Å². The number of hydrogen-bond donors (Lipinski definition) is 0. The second kappa shape index (κ2) is 13.0. The standard InChI is InChI=1S/C52H36N2S/c1-3-11-35(12-4-1)36-21-26-41(27-22-36)53(43-30-31-49-47(34-43)44-15-7-9-17-48(44)54(49)40-13-5-2-6-14-40)42-28-23-37(24-29-42)39-20-19-38-25-32-51-52(46(38)33-39)45-16-8-10-18-50(45)55-51/h2-3,5-34H,1,4H2. The molecule has 2 nitrogen and oxygen atoms in total. The van der Waals surface area contributed by atoms with Crippen LogP contribution in [0.15, 0.2) is 194 Å². The third-order valence-electron chi connectivity index (χ3n) is 11.2. The van der Waals surface area contributed by atoms with Crippen LogP contribution in [0.1, 0.15) is 18.4 Å². The lowest BCUT2D eigenvalue weighted by atomic mass is 9.97. The van der Waals surface area contributed by atoms with Crippen molar-refractivity contribution in [1.82, 2.24) is 4.57 Å². The smallest absolute Gasteiger partial charge is 0.0542 e. The van der Waals surface area contributed by atoms with Gasteiger partial charge in [-0.3, -0.25) is 0 Å². The molecular formula is C52H36N2S. The molecule has 1 aliphatic rings. The molecule has 0 radical (unpaired) electrons. The van der Waals surface area contributed by atoms with Gasteiger partial charge in [0, 0.05) is 53.7 Å². The van der Waals surface area contributed by atoms with Crippen molar-refractivity contribution in [2.45, 2.75) is 12.8 Å². The van der Waals surface area contributed by atoms with E-state index in [1.165, 1.54) is 75.0 Å². The summed E-state index contributed by atoms with van der Waals surface area (Å²) in [5.74, 6) is 0. The lowest BCUT2D eigenvalue weighted by Crippen LogP contribution is -2.10. The van der Waals surface area contributed by atoms with Gasteiger partial charge in [0.1, 0.15) is 0 Å². The van der Waals surface area contributed by atoms with Crippen molar-refractivity contribution in [2.24, 2.45) is 0 Å². The summed E-state index contributed by atoms with van der Waals surface area (Å²) < 4.78 is 5.05. The lowest BCUT2D eigenvalue weighted by Gasteiger charge is -2.26. The second-order valence-corrected chi connectivity index (χ2v) is 15.5. The Balaban J connectivity index is 1.04. The zero-order chi connectivity index (χ0) is 36.3. The van der Waals surface area contributed by atoms with E-state index >= 15 is 0 Å². The highest BCUT2D eigenvalue weighted by Gasteiger charge is 2.18. The molecule has 2 aromatic heterocycles. The zero-order valence-electron chi connectivity index (χ0n) is 30.2. The molecule has 0 saturated carbocycles. The fraction of sp³-hybridized carbons (Fsp3) is 0.0385. The van der Waals surface area contributed by atoms with Crippen molar-refractivity contribution in [3.8, 4) is 16.8 Å². The highest BCUT2D eigenvalue weighted by molar-refractivity contribution is 7.26. The Morgan fingerprint density at radius 2 is 1.13 bits per heavy atom. The van der Waals surface area contributed by atoms with E-state index in [0.717, 1.165) is 35.6 Å². The monoisotopic (exact) mass is 720 g/mol. The summed E-state index contributed by atoms with van der Waals surface area (Å²) in [6.45, 7) is 0. The first-order valence-corrected chi connectivity index (χ1v) is 19.9. The number of thiophene rings is 1. The maximum atomic E-state index is 2.40. The van der Waals surface area contributed by atoms with E-state index < -0.39 is 0 Å². The summed E-state index contributed by atoms with van der Waals surface area (Å²) >= 11 is 1.88. The van der Waals surface area contributed by atoms with E-state index in [-0.39, 0.29) is 0 Å². The number of aromatic nitrogens is 1. The van der Waals surface area contributed by atoms with Crippen LogP contribution in [0.2, 0.25) is 0 Å². The first-order chi connectivity index (χ1) is 27.3. The Morgan fingerprint density at radius 1 is 0.455 bits per heavy atom. The minimum absolute atomic E-state index is 1.09. The number of para-hydroxylation sites is 2.